The van der Waals surface area contributed by atoms with E-state index in [1.54, 1.807) is 0 Å². The number of hydrogen-bond acceptors (Lipinski definition) is 2. The molecule has 0 rings (SSSR count). The third-order valence-electron chi connectivity index (χ3n) is 1.71. The Hall–Kier alpha value is -0.0151. The van der Waals surface area contributed by atoms with E-state index in [1.807, 2.05) is 20.8 Å². The Kier molecular flexibility index (Phi) is 4.77. The second-order valence-corrected chi connectivity index (χ2v) is 3.84. The van der Waals surface area contributed by atoms with Gasteiger partial charge in [0.2, 0.25) is 0 Å². The van der Waals surface area contributed by atoms with E-state index in [-0.39, 0.29) is 12.0 Å². The van der Waals surface area contributed by atoms with Crippen LogP contribution in [-0.4, -0.2) is 32.1 Å². The summed E-state index contributed by atoms with van der Waals surface area (Å²) in [7, 11) is 5.42. The van der Waals surface area contributed by atoms with Gasteiger partial charge in [-0.25, -0.2) is 0 Å². The Morgan fingerprint density at radius 3 is 2.45 bits per heavy atom. The van der Waals surface area contributed by atoms with E-state index in [2.05, 4.69) is 5.32 Å². The highest BCUT2D eigenvalue weighted by atomic mass is 16.3. The highest BCUT2D eigenvalue weighted by Crippen LogP contribution is 2.11. The summed E-state index contributed by atoms with van der Waals surface area (Å²) in [5, 5.41) is 12.1. The first-order valence-electron chi connectivity index (χ1n) is 4.06. The summed E-state index contributed by atoms with van der Waals surface area (Å²) >= 11 is 0. The molecule has 0 aliphatic rings. The van der Waals surface area contributed by atoms with Crippen LogP contribution in [0.3, 0.4) is 0 Å². The van der Waals surface area contributed by atoms with Crippen LogP contribution in [0.2, 0.25) is 6.32 Å². The molecule has 2 nitrogen and oxygen atoms in total. The molecule has 0 spiro atoms. The average Bonchev–Trinajstić information content (AvgIpc) is 2.00. The van der Waals surface area contributed by atoms with E-state index >= 15 is 0 Å². The normalized spacial score (nSPS) is 14.9. The van der Waals surface area contributed by atoms with Gasteiger partial charge in [0.1, 0.15) is 0 Å². The van der Waals surface area contributed by atoms with Gasteiger partial charge in [-0.15, -0.1) is 0 Å². The summed E-state index contributed by atoms with van der Waals surface area (Å²) in [5.74, 6) is 0. The van der Waals surface area contributed by atoms with Crippen LogP contribution in [0.25, 0.3) is 0 Å². The smallest absolute Gasteiger partial charge is 0.0673 e. The highest BCUT2D eigenvalue weighted by molar-refractivity contribution is 6.08. The maximum Gasteiger partial charge on any atom is 0.0673 e. The van der Waals surface area contributed by atoms with Crippen molar-refractivity contribution in [1.82, 2.24) is 5.32 Å². The molecule has 0 amide bonds. The van der Waals surface area contributed by atoms with Crippen LogP contribution < -0.4 is 5.32 Å². The zero-order valence-electron chi connectivity index (χ0n) is 7.72. The van der Waals surface area contributed by atoms with Crippen molar-refractivity contribution < 1.29 is 5.11 Å². The fourth-order valence-electron chi connectivity index (χ4n) is 0.590. The lowest BCUT2D eigenvalue weighted by Crippen LogP contribution is -2.37. The molecule has 2 radical (unpaired) electrons. The van der Waals surface area contributed by atoms with Gasteiger partial charge in [-0.05, 0) is 6.04 Å². The zero-order valence-corrected chi connectivity index (χ0v) is 7.72. The second kappa shape index (κ2) is 4.78. The summed E-state index contributed by atoms with van der Waals surface area (Å²) in [6.07, 6.45) is 0.640. The molecular formula is C8H18BNO. The lowest BCUT2D eigenvalue weighted by atomic mass is 9.93. The molecule has 0 saturated heterocycles. The predicted molar refractivity (Wildman–Crippen MR) is 48.9 cm³/mol. The maximum atomic E-state index is 8.91. The monoisotopic (exact) mass is 155 g/mol. The maximum absolute atomic E-state index is 8.91. The Labute approximate surface area is 70.8 Å². The van der Waals surface area contributed by atoms with Crippen molar-refractivity contribution in [2.75, 3.05) is 13.2 Å². The molecule has 2 N–H and O–H groups in total. The van der Waals surface area contributed by atoms with Crippen molar-refractivity contribution in [3.8, 4) is 0 Å². The molecule has 64 valence electrons. The predicted octanol–water partition coefficient (Wildman–Crippen LogP) is 0.570. The van der Waals surface area contributed by atoms with Gasteiger partial charge in [0.05, 0.1) is 7.85 Å². The van der Waals surface area contributed by atoms with E-state index in [9.17, 15) is 0 Å². The standard InChI is InChI=1S/C8H18BNO/c1-7(4-9)10-5-8(2,3)6-11/h7,10-11H,4-6H2,1-3H3. The fourth-order valence-corrected chi connectivity index (χ4v) is 0.590. The molecule has 0 aliphatic carbocycles. The number of aliphatic hydroxyl groups is 1. The molecule has 0 fully saturated rings. The molecule has 0 aromatic rings. The first-order chi connectivity index (χ1) is 5.02. The summed E-state index contributed by atoms with van der Waals surface area (Å²) in [6, 6.07) is 0.334. The molecule has 1 unspecified atom stereocenters. The van der Waals surface area contributed by atoms with Gasteiger partial charge < -0.3 is 10.4 Å². The van der Waals surface area contributed by atoms with Crippen LogP contribution in [-0.2, 0) is 0 Å². The third kappa shape index (κ3) is 5.28. The van der Waals surface area contributed by atoms with Gasteiger partial charge in [-0.1, -0.05) is 27.1 Å². The van der Waals surface area contributed by atoms with Gasteiger partial charge in [0, 0.05) is 18.6 Å². The molecule has 0 saturated carbocycles. The third-order valence-corrected chi connectivity index (χ3v) is 1.71. The zero-order chi connectivity index (χ0) is 8.91. The second-order valence-electron chi connectivity index (χ2n) is 3.84. The Morgan fingerprint density at radius 1 is 1.55 bits per heavy atom. The molecule has 3 heteroatoms. The number of rotatable bonds is 5. The first kappa shape index (κ1) is 11.0. The van der Waals surface area contributed by atoms with Crippen molar-refractivity contribution in [3.05, 3.63) is 0 Å². The van der Waals surface area contributed by atoms with Gasteiger partial charge in [0.15, 0.2) is 0 Å². The first-order valence-corrected chi connectivity index (χ1v) is 4.06. The van der Waals surface area contributed by atoms with E-state index in [4.69, 9.17) is 13.0 Å². The summed E-state index contributed by atoms with van der Waals surface area (Å²) in [6.45, 7) is 7.08. The van der Waals surface area contributed by atoms with Crippen molar-refractivity contribution in [2.45, 2.75) is 33.1 Å². The minimum atomic E-state index is -0.0383. The van der Waals surface area contributed by atoms with E-state index in [1.165, 1.54) is 0 Å². The van der Waals surface area contributed by atoms with E-state index in [0.29, 0.717) is 12.4 Å². The molecule has 0 aromatic heterocycles. The minimum absolute atomic E-state index is 0.0383. The molecule has 1 atom stereocenters. The Bertz CT molecular complexity index is 106. The summed E-state index contributed by atoms with van der Waals surface area (Å²) in [5.41, 5.74) is -0.0383. The SMILES string of the molecule is [B]CC(C)NCC(C)(C)CO. The highest BCUT2D eigenvalue weighted by Gasteiger charge is 2.16. The van der Waals surface area contributed by atoms with E-state index < -0.39 is 0 Å². The molecular weight excluding hydrogens is 137 g/mol. The minimum Gasteiger partial charge on any atom is -0.396 e. The molecule has 11 heavy (non-hydrogen) atoms. The molecule has 0 heterocycles. The Balaban J connectivity index is 3.52. The lowest BCUT2D eigenvalue weighted by molar-refractivity contribution is 0.154. The molecule has 0 bridgehead atoms. The lowest BCUT2D eigenvalue weighted by Gasteiger charge is -2.24. The molecule has 0 aliphatic heterocycles. The molecule has 0 aromatic carbocycles. The van der Waals surface area contributed by atoms with Crippen molar-refractivity contribution >= 4 is 7.85 Å². The van der Waals surface area contributed by atoms with Crippen LogP contribution in [0.4, 0.5) is 0 Å². The van der Waals surface area contributed by atoms with E-state index in [0.717, 1.165) is 6.54 Å². The number of nitrogens with one attached hydrogen (secondary N) is 1. The number of aliphatic hydroxyl groups excluding tert-OH is 1. The topological polar surface area (TPSA) is 32.3 Å². The van der Waals surface area contributed by atoms with Crippen LogP contribution in [0.15, 0.2) is 0 Å². The number of hydrogen-bond donors (Lipinski definition) is 2. The average molecular weight is 155 g/mol. The van der Waals surface area contributed by atoms with Crippen LogP contribution >= 0.6 is 0 Å². The van der Waals surface area contributed by atoms with Crippen molar-refractivity contribution in [3.63, 3.8) is 0 Å². The van der Waals surface area contributed by atoms with Crippen LogP contribution in [0, 0.1) is 5.41 Å². The quantitative estimate of drug-likeness (QED) is 0.569. The van der Waals surface area contributed by atoms with Gasteiger partial charge in [-0.2, -0.15) is 0 Å². The van der Waals surface area contributed by atoms with Crippen LogP contribution in [0.1, 0.15) is 20.8 Å². The van der Waals surface area contributed by atoms with Gasteiger partial charge in [0.25, 0.3) is 0 Å². The summed E-state index contributed by atoms with van der Waals surface area (Å²) < 4.78 is 0. The Morgan fingerprint density at radius 2 is 2.09 bits per heavy atom. The van der Waals surface area contributed by atoms with Gasteiger partial charge >= 0.3 is 0 Å². The summed E-state index contributed by atoms with van der Waals surface area (Å²) in [4.78, 5) is 0. The van der Waals surface area contributed by atoms with Crippen molar-refractivity contribution in [1.29, 1.82) is 0 Å². The van der Waals surface area contributed by atoms with Crippen LogP contribution in [0.5, 0.6) is 0 Å². The largest absolute Gasteiger partial charge is 0.396 e. The van der Waals surface area contributed by atoms with Crippen molar-refractivity contribution in [2.24, 2.45) is 5.41 Å². The fraction of sp³-hybridized carbons (Fsp3) is 1.00. The van der Waals surface area contributed by atoms with Gasteiger partial charge in [-0.3, -0.25) is 0 Å².